The average Bonchev–Trinajstić information content (AvgIpc) is 3.27. The molecule has 1 amide bonds. The van der Waals surface area contributed by atoms with Crippen molar-refractivity contribution >= 4 is 5.91 Å². The quantitative estimate of drug-likeness (QED) is 0.893. The van der Waals surface area contributed by atoms with Crippen LogP contribution in [0.2, 0.25) is 0 Å². The maximum Gasteiger partial charge on any atom is 0.227 e. The molecule has 0 aromatic heterocycles. The Morgan fingerprint density at radius 2 is 2.00 bits per heavy atom. The molecule has 1 atom stereocenters. The highest BCUT2D eigenvalue weighted by Crippen LogP contribution is 2.43. The van der Waals surface area contributed by atoms with Gasteiger partial charge in [-0.15, -0.1) is 0 Å². The number of nitrogens with two attached hydrogens (primary N) is 1. The summed E-state index contributed by atoms with van der Waals surface area (Å²) in [5, 5.41) is 3.22. The fraction of sp³-hybridized carbons (Fsp3) is 0.611. The smallest absolute Gasteiger partial charge is 0.227 e. The lowest BCUT2D eigenvalue weighted by Gasteiger charge is -2.25. The van der Waals surface area contributed by atoms with E-state index in [2.05, 4.69) is 17.4 Å². The molecule has 0 aliphatic heterocycles. The summed E-state index contributed by atoms with van der Waals surface area (Å²) < 4.78 is 0. The highest BCUT2D eigenvalue weighted by molar-refractivity contribution is 5.83. The number of nitrogens with one attached hydrogen (secondary N) is 1. The molecule has 0 spiro atoms. The molecule has 2 saturated carbocycles. The molecule has 0 saturated heterocycles. The van der Waals surface area contributed by atoms with E-state index < -0.39 is 0 Å². The zero-order chi connectivity index (χ0) is 14.9. The van der Waals surface area contributed by atoms with Gasteiger partial charge in [-0.25, -0.2) is 0 Å². The summed E-state index contributed by atoms with van der Waals surface area (Å²) in [6.07, 6.45) is 8.16. The van der Waals surface area contributed by atoms with Gasteiger partial charge in [-0.1, -0.05) is 43.5 Å². The van der Waals surface area contributed by atoms with Crippen LogP contribution < -0.4 is 11.1 Å². The minimum absolute atomic E-state index is 0.103. The van der Waals surface area contributed by atoms with E-state index in [-0.39, 0.29) is 17.4 Å². The van der Waals surface area contributed by atoms with E-state index in [4.69, 9.17) is 5.73 Å². The van der Waals surface area contributed by atoms with Crippen LogP contribution in [0.25, 0.3) is 0 Å². The predicted octanol–water partition coefficient (Wildman–Crippen LogP) is 3.19. The van der Waals surface area contributed by atoms with Crippen LogP contribution >= 0.6 is 0 Å². The number of amides is 1. The Kier molecular flexibility index (Phi) is 4.03. The third-order valence-corrected chi connectivity index (χ3v) is 5.10. The van der Waals surface area contributed by atoms with Crippen LogP contribution in [-0.2, 0) is 10.3 Å². The molecule has 3 nitrogen and oxygen atoms in total. The Labute approximate surface area is 127 Å². The first-order valence-corrected chi connectivity index (χ1v) is 8.28. The van der Waals surface area contributed by atoms with E-state index in [1.54, 1.807) is 0 Å². The maximum absolute atomic E-state index is 12.4. The third kappa shape index (κ3) is 3.29. The molecular formula is C18H26N2O. The Balaban J connectivity index is 1.66. The topological polar surface area (TPSA) is 55.1 Å². The van der Waals surface area contributed by atoms with Crippen molar-refractivity contribution in [1.29, 1.82) is 0 Å². The first-order chi connectivity index (χ1) is 10.1. The van der Waals surface area contributed by atoms with Crippen molar-refractivity contribution in [3.05, 3.63) is 35.4 Å². The summed E-state index contributed by atoms with van der Waals surface area (Å²) in [4.78, 5) is 12.4. The van der Waals surface area contributed by atoms with Gasteiger partial charge in [-0.05, 0) is 43.7 Å². The first-order valence-electron chi connectivity index (χ1n) is 8.28. The second-order valence-corrected chi connectivity index (χ2v) is 6.85. The van der Waals surface area contributed by atoms with E-state index >= 15 is 0 Å². The predicted molar refractivity (Wildman–Crippen MR) is 85.0 cm³/mol. The molecule has 1 aromatic carbocycles. The highest BCUT2D eigenvalue weighted by atomic mass is 16.1. The number of carbonyl (C=O) groups excluding carboxylic acids is 1. The van der Waals surface area contributed by atoms with E-state index in [0.717, 1.165) is 31.2 Å². The second kappa shape index (κ2) is 5.80. The van der Waals surface area contributed by atoms with Crippen LogP contribution in [0, 0.1) is 0 Å². The van der Waals surface area contributed by atoms with Crippen LogP contribution in [0.3, 0.4) is 0 Å². The molecule has 1 aromatic rings. The normalized spacial score (nSPS) is 22.6. The molecule has 2 aliphatic carbocycles. The molecule has 3 rings (SSSR count). The van der Waals surface area contributed by atoms with Gasteiger partial charge in [0.05, 0.1) is 5.92 Å². The van der Waals surface area contributed by atoms with Crippen molar-refractivity contribution in [2.75, 3.05) is 0 Å². The second-order valence-electron chi connectivity index (χ2n) is 6.85. The zero-order valence-electron chi connectivity index (χ0n) is 12.9. The van der Waals surface area contributed by atoms with Crippen LogP contribution in [0.5, 0.6) is 0 Å². The molecule has 0 radical (unpaired) electrons. The largest absolute Gasteiger partial charge is 0.353 e. The molecule has 0 heterocycles. The molecule has 2 aliphatic rings. The van der Waals surface area contributed by atoms with Gasteiger partial charge in [0.1, 0.15) is 0 Å². The molecule has 3 N–H and O–H groups in total. The van der Waals surface area contributed by atoms with Crippen molar-refractivity contribution in [2.45, 2.75) is 69.4 Å². The van der Waals surface area contributed by atoms with Gasteiger partial charge in [0.2, 0.25) is 5.91 Å². The van der Waals surface area contributed by atoms with Crippen LogP contribution in [-0.4, -0.2) is 11.9 Å². The lowest BCUT2D eigenvalue weighted by molar-refractivity contribution is -0.123. The van der Waals surface area contributed by atoms with Crippen LogP contribution in [0.15, 0.2) is 24.3 Å². The number of carbonyl (C=O) groups is 1. The van der Waals surface area contributed by atoms with Gasteiger partial charge < -0.3 is 11.1 Å². The molecule has 114 valence electrons. The number of rotatable bonds is 4. The van der Waals surface area contributed by atoms with Crippen molar-refractivity contribution in [2.24, 2.45) is 5.73 Å². The number of benzene rings is 1. The van der Waals surface area contributed by atoms with Gasteiger partial charge >= 0.3 is 0 Å². The van der Waals surface area contributed by atoms with E-state index in [1.165, 1.54) is 24.8 Å². The summed E-state index contributed by atoms with van der Waals surface area (Å²) >= 11 is 0. The van der Waals surface area contributed by atoms with Gasteiger partial charge in [-0.2, -0.15) is 0 Å². The van der Waals surface area contributed by atoms with Crippen LogP contribution in [0.4, 0.5) is 0 Å². The Bertz CT molecular complexity index is 516. The summed E-state index contributed by atoms with van der Waals surface area (Å²) in [6, 6.07) is 8.66. The molecule has 21 heavy (non-hydrogen) atoms. The number of hydrogen-bond acceptors (Lipinski definition) is 2. The highest BCUT2D eigenvalue weighted by Gasteiger charge is 2.40. The lowest BCUT2D eigenvalue weighted by atomic mass is 9.92. The van der Waals surface area contributed by atoms with E-state index in [0.29, 0.717) is 6.04 Å². The van der Waals surface area contributed by atoms with Crippen molar-refractivity contribution in [3.8, 4) is 0 Å². The Morgan fingerprint density at radius 3 is 2.67 bits per heavy atom. The van der Waals surface area contributed by atoms with E-state index in [1.807, 2.05) is 19.1 Å². The van der Waals surface area contributed by atoms with Gasteiger partial charge in [-0.3, -0.25) is 4.79 Å². The van der Waals surface area contributed by atoms with Crippen molar-refractivity contribution < 1.29 is 4.79 Å². The minimum atomic E-state index is -0.129. The Morgan fingerprint density at radius 1 is 1.29 bits per heavy atom. The fourth-order valence-corrected chi connectivity index (χ4v) is 3.27. The van der Waals surface area contributed by atoms with Crippen molar-refractivity contribution in [3.63, 3.8) is 0 Å². The molecular weight excluding hydrogens is 260 g/mol. The molecule has 3 heteroatoms. The summed E-state index contributed by atoms with van der Waals surface area (Å²) in [7, 11) is 0. The molecule has 0 bridgehead atoms. The maximum atomic E-state index is 12.4. The zero-order valence-corrected chi connectivity index (χ0v) is 12.9. The Hall–Kier alpha value is -1.35. The molecule has 2 fully saturated rings. The SMILES string of the molecule is CC(C(=O)NC1CCCCC1)c1cccc(C2(N)CC2)c1. The summed E-state index contributed by atoms with van der Waals surface area (Å²) in [6.45, 7) is 1.99. The van der Waals surface area contributed by atoms with Crippen LogP contribution in [0.1, 0.15) is 68.9 Å². The van der Waals surface area contributed by atoms with E-state index in [9.17, 15) is 4.79 Å². The summed E-state index contributed by atoms with van der Waals surface area (Å²) in [5.74, 6) is 0.0511. The van der Waals surface area contributed by atoms with Crippen molar-refractivity contribution in [1.82, 2.24) is 5.32 Å². The lowest BCUT2D eigenvalue weighted by Crippen LogP contribution is -2.38. The van der Waals surface area contributed by atoms with Gasteiger partial charge in [0.15, 0.2) is 0 Å². The number of hydrogen-bond donors (Lipinski definition) is 2. The molecule has 1 unspecified atom stereocenters. The minimum Gasteiger partial charge on any atom is -0.353 e. The standard InChI is InChI=1S/C18H26N2O/c1-13(17(21)20-16-8-3-2-4-9-16)14-6-5-7-15(12-14)18(19)10-11-18/h5-7,12-13,16H,2-4,8-11,19H2,1H3,(H,20,21). The average molecular weight is 286 g/mol. The fourth-order valence-electron chi connectivity index (χ4n) is 3.27. The monoisotopic (exact) mass is 286 g/mol. The van der Waals surface area contributed by atoms with Gasteiger partial charge in [0.25, 0.3) is 0 Å². The van der Waals surface area contributed by atoms with Gasteiger partial charge in [0, 0.05) is 11.6 Å². The first kappa shape index (κ1) is 14.6. The summed E-state index contributed by atoms with van der Waals surface area (Å²) in [5.41, 5.74) is 8.39. The third-order valence-electron chi connectivity index (χ3n) is 5.10.